The van der Waals surface area contributed by atoms with Crippen LogP contribution in [-0.4, -0.2) is 22.9 Å². The smallest absolute Gasteiger partial charge is 0.223 e. The number of carbonyl (C=O) groups excluding carboxylic acids is 1. The first-order valence-corrected chi connectivity index (χ1v) is 6.74. The minimum Gasteiger partial charge on any atom is -0.337 e. The van der Waals surface area contributed by atoms with Gasteiger partial charge in [0.25, 0.3) is 0 Å². The first-order valence-electron chi connectivity index (χ1n) is 6.74. The van der Waals surface area contributed by atoms with Crippen molar-refractivity contribution >= 4 is 5.91 Å². The van der Waals surface area contributed by atoms with Gasteiger partial charge < -0.3 is 4.90 Å². The molecule has 0 spiro atoms. The predicted octanol–water partition coefficient (Wildman–Crippen LogP) is 3.46. The van der Waals surface area contributed by atoms with Crippen molar-refractivity contribution < 1.29 is 4.79 Å². The number of rotatable bonds is 6. The number of amides is 1. The van der Waals surface area contributed by atoms with E-state index in [1.807, 2.05) is 0 Å². The summed E-state index contributed by atoms with van der Waals surface area (Å²) in [6, 6.07) is 0.948. The topological polar surface area (TPSA) is 20.3 Å². The van der Waals surface area contributed by atoms with E-state index in [1.54, 1.807) is 0 Å². The van der Waals surface area contributed by atoms with Crippen LogP contribution in [-0.2, 0) is 4.79 Å². The Bertz CT molecular complexity index is 231. The molecule has 1 rings (SSSR count). The van der Waals surface area contributed by atoms with E-state index in [2.05, 4.69) is 39.5 Å². The number of hydrogen-bond acceptors (Lipinski definition) is 1. The van der Waals surface area contributed by atoms with Crippen LogP contribution in [0.4, 0.5) is 0 Å². The number of hydrogen-bond donors (Lipinski definition) is 0. The summed E-state index contributed by atoms with van der Waals surface area (Å²) in [5.41, 5.74) is 0. The average molecular weight is 225 g/mol. The average Bonchev–Trinajstić information content (AvgIpc) is 2.98. The van der Waals surface area contributed by atoms with Gasteiger partial charge in [-0.1, -0.05) is 27.7 Å². The van der Waals surface area contributed by atoms with Gasteiger partial charge in [0, 0.05) is 18.5 Å². The van der Waals surface area contributed by atoms with Gasteiger partial charge in [-0.3, -0.25) is 4.79 Å². The maximum Gasteiger partial charge on any atom is 0.223 e. The Morgan fingerprint density at radius 2 is 1.75 bits per heavy atom. The zero-order valence-corrected chi connectivity index (χ0v) is 11.5. The van der Waals surface area contributed by atoms with Crippen molar-refractivity contribution in [1.82, 2.24) is 4.90 Å². The molecule has 0 bridgehead atoms. The first-order chi connectivity index (χ1) is 7.43. The van der Waals surface area contributed by atoms with Crippen molar-refractivity contribution in [2.24, 2.45) is 11.8 Å². The third-order valence-electron chi connectivity index (χ3n) is 3.57. The van der Waals surface area contributed by atoms with Crippen LogP contribution in [0.2, 0.25) is 0 Å². The Kier molecular flexibility index (Phi) is 4.82. The summed E-state index contributed by atoms with van der Waals surface area (Å²) in [6.07, 6.45) is 4.17. The second-order valence-corrected chi connectivity index (χ2v) is 5.95. The fraction of sp³-hybridized carbons (Fsp3) is 0.929. The quantitative estimate of drug-likeness (QED) is 0.678. The molecule has 2 heteroatoms. The molecule has 0 heterocycles. The summed E-state index contributed by atoms with van der Waals surface area (Å²) in [5.74, 6) is 1.56. The second kappa shape index (κ2) is 5.70. The Labute approximate surface area is 100 Å². The first kappa shape index (κ1) is 13.5. The summed E-state index contributed by atoms with van der Waals surface area (Å²) >= 11 is 0. The molecule has 1 aliphatic carbocycles. The van der Waals surface area contributed by atoms with Crippen LogP contribution in [0.3, 0.4) is 0 Å². The Balaban J connectivity index is 2.52. The fourth-order valence-electron chi connectivity index (χ4n) is 1.98. The molecular formula is C14H27NO. The molecule has 16 heavy (non-hydrogen) atoms. The minimum absolute atomic E-state index is 0.373. The molecule has 1 saturated carbocycles. The fourth-order valence-corrected chi connectivity index (χ4v) is 1.98. The highest BCUT2D eigenvalue weighted by Gasteiger charge is 2.36. The van der Waals surface area contributed by atoms with Crippen molar-refractivity contribution in [3.8, 4) is 0 Å². The molecule has 2 nitrogen and oxygen atoms in total. The SMILES string of the molecule is CC(C)CCC(=O)N(C1CC1)C(C)C(C)C. The van der Waals surface area contributed by atoms with E-state index >= 15 is 0 Å². The van der Waals surface area contributed by atoms with Gasteiger partial charge in [0.2, 0.25) is 5.91 Å². The van der Waals surface area contributed by atoms with Crippen molar-refractivity contribution in [2.75, 3.05) is 0 Å². The molecular weight excluding hydrogens is 198 g/mol. The normalized spacial score (nSPS) is 17.9. The van der Waals surface area contributed by atoms with Crippen LogP contribution in [0.25, 0.3) is 0 Å². The van der Waals surface area contributed by atoms with Gasteiger partial charge in [-0.15, -0.1) is 0 Å². The number of nitrogens with zero attached hydrogens (tertiary/aromatic N) is 1. The van der Waals surface area contributed by atoms with Crippen molar-refractivity contribution in [2.45, 2.75) is 72.4 Å². The molecule has 0 aromatic rings. The van der Waals surface area contributed by atoms with Crippen LogP contribution in [0, 0.1) is 11.8 Å². The summed E-state index contributed by atoms with van der Waals surface area (Å²) in [6.45, 7) is 11.0. The third-order valence-corrected chi connectivity index (χ3v) is 3.57. The Morgan fingerprint density at radius 1 is 1.19 bits per heavy atom. The van der Waals surface area contributed by atoms with Gasteiger partial charge in [-0.25, -0.2) is 0 Å². The van der Waals surface area contributed by atoms with Crippen molar-refractivity contribution in [3.63, 3.8) is 0 Å². The lowest BCUT2D eigenvalue weighted by Crippen LogP contribution is -2.43. The van der Waals surface area contributed by atoms with Gasteiger partial charge in [0.15, 0.2) is 0 Å². The highest BCUT2D eigenvalue weighted by molar-refractivity contribution is 5.77. The highest BCUT2D eigenvalue weighted by atomic mass is 16.2. The van der Waals surface area contributed by atoms with Crippen LogP contribution < -0.4 is 0 Å². The van der Waals surface area contributed by atoms with E-state index < -0.39 is 0 Å². The Morgan fingerprint density at radius 3 is 2.12 bits per heavy atom. The highest BCUT2D eigenvalue weighted by Crippen LogP contribution is 2.31. The van der Waals surface area contributed by atoms with E-state index in [1.165, 1.54) is 12.8 Å². The van der Waals surface area contributed by atoms with Crippen LogP contribution >= 0.6 is 0 Å². The third kappa shape index (κ3) is 3.80. The van der Waals surface area contributed by atoms with Gasteiger partial charge in [-0.05, 0) is 38.0 Å². The van der Waals surface area contributed by atoms with E-state index in [-0.39, 0.29) is 0 Å². The summed E-state index contributed by atoms with van der Waals surface area (Å²) in [4.78, 5) is 14.4. The number of carbonyl (C=O) groups is 1. The maximum atomic E-state index is 12.2. The lowest BCUT2D eigenvalue weighted by Gasteiger charge is -2.32. The monoisotopic (exact) mass is 225 g/mol. The van der Waals surface area contributed by atoms with Gasteiger partial charge >= 0.3 is 0 Å². The zero-order chi connectivity index (χ0) is 12.3. The molecule has 0 aromatic heterocycles. The van der Waals surface area contributed by atoms with Crippen LogP contribution in [0.5, 0.6) is 0 Å². The summed E-state index contributed by atoms with van der Waals surface area (Å²) < 4.78 is 0. The molecule has 1 amide bonds. The predicted molar refractivity (Wildman–Crippen MR) is 68.2 cm³/mol. The van der Waals surface area contributed by atoms with Gasteiger partial charge in [0.1, 0.15) is 0 Å². The minimum atomic E-state index is 0.373. The standard InChI is InChI=1S/C14H27NO/c1-10(2)6-9-14(16)15(13-7-8-13)12(5)11(3)4/h10-13H,6-9H2,1-5H3. The van der Waals surface area contributed by atoms with E-state index in [0.717, 1.165) is 12.8 Å². The van der Waals surface area contributed by atoms with Crippen LogP contribution in [0.1, 0.15) is 60.3 Å². The van der Waals surface area contributed by atoms with Gasteiger partial charge in [-0.2, -0.15) is 0 Å². The molecule has 1 atom stereocenters. The molecule has 1 aliphatic rings. The van der Waals surface area contributed by atoms with Crippen LogP contribution in [0.15, 0.2) is 0 Å². The molecule has 94 valence electrons. The van der Waals surface area contributed by atoms with E-state index in [0.29, 0.717) is 29.8 Å². The molecule has 0 aromatic carbocycles. The summed E-state index contributed by atoms with van der Waals surface area (Å²) in [5, 5.41) is 0. The molecule has 0 radical (unpaired) electrons. The molecule has 1 fully saturated rings. The zero-order valence-electron chi connectivity index (χ0n) is 11.5. The second-order valence-electron chi connectivity index (χ2n) is 5.95. The van der Waals surface area contributed by atoms with Crippen molar-refractivity contribution in [3.05, 3.63) is 0 Å². The molecule has 1 unspecified atom stereocenters. The molecule has 0 N–H and O–H groups in total. The maximum absolute atomic E-state index is 12.2. The molecule has 0 aliphatic heterocycles. The van der Waals surface area contributed by atoms with E-state index in [4.69, 9.17) is 0 Å². The van der Waals surface area contributed by atoms with Crippen molar-refractivity contribution in [1.29, 1.82) is 0 Å². The lowest BCUT2D eigenvalue weighted by molar-refractivity contribution is -0.135. The Hall–Kier alpha value is -0.530. The van der Waals surface area contributed by atoms with E-state index in [9.17, 15) is 4.79 Å². The van der Waals surface area contributed by atoms with Gasteiger partial charge in [0.05, 0.1) is 0 Å². The largest absolute Gasteiger partial charge is 0.337 e. The lowest BCUT2D eigenvalue weighted by atomic mass is 10.0. The summed E-state index contributed by atoms with van der Waals surface area (Å²) in [7, 11) is 0. The molecule has 0 saturated heterocycles.